The van der Waals surface area contributed by atoms with E-state index in [1.54, 1.807) is 17.1 Å². The molecule has 0 radical (unpaired) electrons. The van der Waals surface area contributed by atoms with Crippen LogP contribution in [0.25, 0.3) is 22.3 Å². The van der Waals surface area contributed by atoms with Crippen LogP contribution in [0, 0.1) is 6.92 Å². The molecule has 0 fully saturated rings. The Labute approximate surface area is 139 Å². The molecule has 0 amide bonds. The molecule has 0 saturated carbocycles. The van der Waals surface area contributed by atoms with Crippen molar-refractivity contribution in [2.24, 2.45) is 12.1 Å². The fourth-order valence-corrected chi connectivity index (χ4v) is 2.73. The molecule has 118 valence electrons. The number of nitrogens with zero attached hydrogens (tertiary/aromatic N) is 6. The summed E-state index contributed by atoms with van der Waals surface area (Å²) < 4.78 is 3.63. The lowest BCUT2D eigenvalue weighted by Crippen LogP contribution is -1.94. The normalized spacial score (nSPS) is 11.6. The molecular formula is C18H16N6. The highest BCUT2D eigenvalue weighted by atomic mass is 15.4. The van der Waals surface area contributed by atoms with Crippen LogP contribution in [0.15, 0.2) is 60.1 Å². The first-order valence-electron chi connectivity index (χ1n) is 7.65. The summed E-state index contributed by atoms with van der Waals surface area (Å²) in [6.07, 6.45) is 7.30. The second-order valence-electron chi connectivity index (χ2n) is 5.55. The van der Waals surface area contributed by atoms with Crippen LogP contribution in [0.3, 0.4) is 0 Å². The van der Waals surface area contributed by atoms with Gasteiger partial charge < -0.3 is 0 Å². The molecule has 3 heterocycles. The summed E-state index contributed by atoms with van der Waals surface area (Å²) in [5.74, 6) is 0.849. The smallest absolute Gasteiger partial charge is 0.128 e. The van der Waals surface area contributed by atoms with Gasteiger partial charge in [-0.15, -0.1) is 0 Å². The molecule has 6 nitrogen and oxygen atoms in total. The van der Waals surface area contributed by atoms with Crippen molar-refractivity contribution < 1.29 is 0 Å². The molecule has 0 N–H and O–H groups in total. The molecule has 0 aliphatic carbocycles. The van der Waals surface area contributed by atoms with E-state index in [1.165, 1.54) is 0 Å². The Kier molecular flexibility index (Phi) is 3.42. The summed E-state index contributed by atoms with van der Waals surface area (Å²) in [5, 5.41) is 9.16. The number of imidazole rings is 1. The standard InChI is InChI=1S/C18H16N6/c1-13-21-16-5-3-4-6-17(16)24(13)20-11-15-12-23(2)22-18(15)14-7-9-19-10-8-14/h3-12H,1-2H3/b20-11+. The van der Waals surface area contributed by atoms with Gasteiger partial charge in [0.1, 0.15) is 11.5 Å². The number of benzene rings is 1. The van der Waals surface area contributed by atoms with Crippen LogP contribution >= 0.6 is 0 Å². The van der Waals surface area contributed by atoms with E-state index in [1.807, 2.05) is 67.5 Å². The van der Waals surface area contributed by atoms with Gasteiger partial charge in [0.25, 0.3) is 0 Å². The lowest BCUT2D eigenvalue weighted by molar-refractivity contribution is 0.770. The van der Waals surface area contributed by atoms with Crippen molar-refractivity contribution in [3.05, 3.63) is 66.4 Å². The third-order valence-corrected chi connectivity index (χ3v) is 3.82. The molecule has 0 spiro atoms. The zero-order chi connectivity index (χ0) is 16.5. The fraction of sp³-hybridized carbons (Fsp3) is 0.111. The third-order valence-electron chi connectivity index (χ3n) is 3.82. The van der Waals surface area contributed by atoms with Crippen LogP contribution < -0.4 is 0 Å². The van der Waals surface area contributed by atoms with E-state index >= 15 is 0 Å². The fourth-order valence-electron chi connectivity index (χ4n) is 2.73. The van der Waals surface area contributed by atoms with E-state index in [-0.39, 0.29) is 0 Å². The zero-order valence-corrected chi connectivity index (χ0v) is 13.5. The van der Waals surface area contributed by atoms with Gasteiger partial charge in [0.05, 0.1) is 17.2 Å². The number of aryl methyl sites for hydroxylation is 2. The van der Waals surface area contributed by atoms with Gasteiger partial charge in [0.2, 0.25) is 0 Å². The number of hydrogen-bond acceptors (Lipinski definition) is 4. The average Bonchev–Trinajstić information content (AvgIpc) is 3.13. The summed E-state index contributed by atoms with van der Waals surface area (Å²) in [4.78, 5) is 8.59. The van der Waals surface area contributed by atoms with E-state index in [4.69, 9.17) is 0 Å². The topological polar surface area (TPSA) is 60.9 Å². The Morgan fingerprint density at radius 2 is 1.88 bits per heavy atom. The highest BCUT2D eigenvalue weighted by molar-refractivity contribution is 5.89. The van der Waals surface area contributed by atoms with Crippen molar-refractivity contribution in [2.45, 2.75) is 6.92 Å². The van der Waals surface area contributed by atoms with Crippen LogP contribution in [0.4, 0.5) is 0 Å². The molecule has 4 rings (SSSR count). The molecule has 3 aromatic heterocycles. The van der Waals surface area contributed by atoms with Crippen molar-refractivity contribution >= 4 is 17.2 Å². The molecule has 6 heteroatoms. The molecule has 0 aliphatic rings. The van der Waals surface area contributed by atoms with Gasteiger partial charge >= 0.3 is 0 Å². The minimum Gasteiger partial charge on any atom is -0.275 e. The van der Waals surface area contributed by atoms with Gasteiger partial charge in [-0.2, -0.15) is 10.2 Å². The van der Waals surface area contributed by atoms with Crippen molar-refractivity contribution in [1.82, 2.24) is 24.4 Å². The maximum atomic E-state index is 4.62. The number of pyridine rings is 1. The molecule has 0 unspecified atom stereocenters. The number of fused-ring (bicyclic) bond motifs is 1. The van der Waals surface area contributed by atoms with E-state index in [2.05, 4.69) is 20.2 Å². The first kappa shape index (κ1) is 14.3. The lowest BCUT2D eigenvalue weighted by Gasteiger charge is -1.99. The van der Waals surface area contributed by atoms with Crippen LogP contribution in [0.5, 0.6) is 0 Å². The molecule has 0 atom stereocenters. The van der Waals surface area contributed by atoms with E-state index in [0.29, 0.717) is 0 Å². The van der Waals surface area contributed by atoms with Crippen LogP contribution in [0.1, 0.15) is 11.4 Å². The average molecular weight is 316 g/mol. The molecule has 24 heavy (non-hydrogen) atoms. The zero-order valence-electron chi connectivity index (χ0n) is 13.5. The SMILES string of the molecule is Cc1nc2ccccc2n1/N=C/c1cn(C)nc1-c1ccncc1. The maximum absolute atomic E-state index is 4.62. The summed E-state index contributed by atoms with van der Waals surface area (Å²) in [5.41, 5.74) is 4.76. The number of hydrogen-bond donors (Lipinski definition) is 0. The van der Waals surface area contributed by atoms with Gasteiger partial charge in [0, 0.05) is 36.8 Å². The van der Waals surface area contributed by atoms with Crippen LogP contribution in [-0.2, 0) is 7.05 Å². The minimum absolute atomic E-state index is 0.849. The third kappa shape index (κ3) is 2.48. The Bertz CT molecular complexity index is 1030. The molecule has 0 aliphatic heterocycles. The predicted molar refractivity (Wildman–Crippen MR) is 93.9 cm³/mol. The second-order valence-corrected chi connectivity index (χ2v) is 5.55. The lowest BCUT2D eigenvalue weighted by atomic mass is 10.1. The Hall–Kier alpha value is -3.28. The van der Waals surface area contributed by atoms with Gasteiger partial charge in [-0.3, -0.25) is 9.67 Å². The predicted octanol–water partition coefficient (Wildman–Crippen LogP) is 3.02. The van der Waals surface area contributed by atoms with Gasteiger partial charge in [0.15, 0.2) is 0 Å². The monoisotopic (exact) mass is 316 g/mol. The molecule has 1 aromatic carbocycles. The Balaban J connectivity index is 1.78. The Morgan fingerprint density at radius 3 is 2.71 bits per heavy atom. The molecule has 0 bridgehead atoms. The molecular weight excluding hydrogens is 300 g/mol. The number of para-hydroxylation sites is 2. The van der Waals surface area contributed by atoms with Gasteiger partial charge in [-0.25, -0.2) is 9.66 Å². The summed E-state index contributed by atoms with van der Waals surface area (Å²) in [6, 6.07) is 11.9. The van der Waals surface area contributed by atoms with E-state index < -0.39 is 0 Å². The quantitative estimate of drug-likeness (QED) is 0.546. The molecule has 4 aromatic rings. The summed E-state index contributed by atoms with van der Waals surface area (Å²) >= 11 is 0. The maximum Gasteiger partial charge on any atom is 0.128 e. The second kappa shape index (κ2) is 5.73. The van der Waals surface area contributed by atoms with Crippen LogP contribution in [0.2, 0.25) is 0 Å². The summed E-state index contributed by atoms with van der Waals surface area (Å²) in [6.45, 7) is 1.95. The number of aromatic nitrogens is 5. The highest BCUT2D eigenvalue weighted by Gasteiger charge is 2.09. The van der Waals surface area contributed by atoms with Crippen LogP contribution in [-0.4, -0.2) is 30.6 Å². The van der Waals surface area contributed by atoms with Crippen molar-refractivity contribution in [1.29, 1.82) is 0 Å². The van der Waals surface area contributed by atoms with Crippen molar-refractivity contribution in [2.75, 3.05) is 0 Å². The van der Waals surface area contributed by atoms with Gasteiger partial charge in [-0.1, -0.05) is 12.1 Å². The van der Waals surface area contributed by atoms with Crippen molar-refractivity contribution in [3.8, 4) is 11.3 Å². The largest absolute Gasteiger partial charge is 0.275 e. The van der Waals surface area contributed by atoms with Gasteiger partial charge in [-0.05, 0) is 31.2 Å². The first-order valence-corrected chi connectivity index (χ1v) is 7.65. The Morgan fingerprint density at radius 1 is 1.08 bits per heavy atom. The first-order chi connectivity index (χ1) is 11.7. The summed E-state index contributed by atoms with van der Waals surface area (Å²) in [7, 11) is 1.90. The molecule has 0 saturated heterocycles. The minimum atomic E-state index is 0.849. The van der Waals surface area contributed by atoms with Crippen molar-refractivity contribution in [3.63, 3.8) is 0 Å². The van der Waals surface area contributed by atoms with E-state index in [9.17, 15) is 0 Å². The number of rotatable bonds is 3. The van der Waals surface area contributed by atoms with E-state index in [0.717, 1.165) is 33.7 Å². The highest BCUT2D eigenvalue weighted by Crippen LogP contribution is 2.20.